The number of rotatable bonds is 0. The fourth-order valence-electron chi connectivity index (χ4n) is 0. The zero-order valence-corrected chi connectivity index (χ0v) is 6.41. The van der Waals surface area contributed by atoms with Crippen molar-refractivity contribution in [3.63, 3.8) is 0 Å². The van der Waals surface area contributed by atoms with Crippen molar-refractivity contribution < 1.29 is 0 Å². The van der Waals surface area contributed by atoms with Gasteiger partial charge in [0.15, 0.2) is 0 Å². The maximum absolute atomic E-state index is 4.89. The van der Waals surface area contributed by atoms with Crippen molar-refractivity contribution in [3.05, 3.63) is 0 Å². The molecule has 0 amide bonds. The summed E-state index contributed by atoms with van der Waals surface area (Å²) in [5.74, 6) is 0. The third-order valence-electron chi connectivity index (χ3n) is 0. The second-order valence-electron chi connectivity index (χ2n) is 0.859. The number of hydrogen-bond acceptors (Lipinski definition) is 2. The summed E-state index contributed by atoms with van der Waals surface area (Å²) in [5, 5.41) is 0. The maximum Gasteiger partial charge on any atom is 0.0491 e. The van der Waals surface area contributed by atoms with E-state index in [4.69, 9.17) is 11.5 Å². The van der Waals surface area contributed by atoms with Gasteiger partial charge in [0.25, 0.3) is 0 Å². The van der Waals surface area contributed by atoms with Crippen LogP contribution in [0.3, 0.4) is 0 Å². The molecule has 0 aromatic carbocycles. The molecule has 0 unspecified atom stereocenters. The van der Waals surface area contributed by atoms with Crippen molar-refractivity contribution in [2.45, 2.75) is 13.1 Å². The van der Waals surface area contributed by atoms with Gasteiger partial charge in [0.2, 0.25) is 0 Å². The molecular formula is C2H11Cl3N2. The highest BCUT2D eigenvalue weighted by Gasteiger charge is 1.66. The molecule has 50 valence electrons. The molecule has 0 aromatic rings. The Bertz CT molecular complexity index is 15.7. The third kappa shape index (κ3) is 250. The maximum atomic E-state index is 4.89. The lowest BCUT2D eigenvalue weighted by Gasteiger charge is -1.83. The molecule has 0 rings (SSSR count). The zero-order valence-electron chi connectivity index (χ0n) is 3.96. The van der Waals surface area contributed by atoms with Gasteiger partial charge < -0.3 is 11.5 Å². The second-order valence-corrected chi connectivity index (χ2v) is 0.859. The number of hydrogen-bond donors (Lipinski definition) is 2. The van der Waals surface area contributed by atoms with Gasteiger partial charge in [-0.3, -0.25) is 0 Å². The van der Waals surface area contributed by atoms with E-state index in [1.165, 1.54) is 0 Å². The smallest absolute Gasteiger partial charge is 0.0491 e. The van der Waals surface area contributed by atoms with Crippen LogP contribution < -0.4 is 11.5 Å². The Balaban J connectivity index is -0.0000000150. The summed E-state index contributed by atoms with van der Waals surface area (Å²) in [6.07, 6.45) is -0.167. The van der Waals surface area contributed by atoms with Crippen LogP contribution in [0.5, 0.6) is 0 Å². The molecule has 0 aromatic heterocycles. The summed E-state index contributed by atoms with van der Waals surface area (Å²) in [6, 6.07) is 0. The van der Waals surface area contributed by atoms with E-state index >= 15 is 0 Å². The predicted octanol–water partition coefficient (Wildman–Crippen LogP) is 0.515. The molecule has 0 heterocycles. The molecule has 0 radical (unpaired) electrons. The Morgan fingerprint density at radius 1 is 1.00 bits per heavy atom. The summed E-state index contributed by atoms with van der Waals surface area (Å²) >= 11 is 0. The van der Waals surface area contributed by atoms with Crippen molar-refractivity contribution in [3.8, 4) is 0 Å². The summed E-state index contributed by atoms with van der Waals surface area (Å²) in [6.45, 7) is 1.72. The molecule has 0 saturated heterocycles. The van der Waals surface area contributed by atoms with Crippen LogP contribution in [0, 0.1) is 0 Å². The van der Waals surface area contributed by atoms with Crippen molar-refractivity contribution in [1.29, 1.82) is 0 Å². The lowest BCUT2D eigenvalue weighted by atomic mass is 10.7. The first kappa shape index (κ1) is 25.0. The molecule has 0 spiro atoms. The summed E-state index contributed by atoms with van der Waals surface area (Å²) < 4.78 is 0. The molecule has 0 saturated carbocycles. The van der Waals surface area contributed by atoms with Crippen LogP contribution >= 0.6 is 37.2 Å². The van der Waals surface area contributed by atoms with Crippen LogP contribution in [0.25, 0.3) is 0 Å². The van der Waals surface area contributed by atoms with Crippen molar-refractivity contribution in [1.82, 2.24) is 0 Å². The molecule has 5 heteroatoms. The summed E-state index contributed by atoms with van der Waals surface area (Å²) in [5.41, 5.74) is 9.78. The highest BCUT2D eigenvalue weighted by Crippen LogP contribution is 1.41. The van der Waals surface area contributed by atoms with Crippen LogP contribution in [0.15, 0.2) is 0 Å². The average molecular weight is 169 g/mol. The molecule has 0 aliphatic rings. The van der Waals surface area contributed by atoms with E-state index in [1.54, 1.807) is 6.92 Å². The van der Waals surface area contributed by atoms with Gasteiger partial charge in [0, 0.05) is 6.17 Å². The molecule has 0 aliphatic carbocycles. The highest BCUT2D eigenvalue weighted by molar-refractivity contribution is 5.86. The first-order chi connectivity index (χ1) is 1.73. The Morgan fingerprint density at radius 3 is 1.00 bits per heavy atom. The van der Waals surface area contributed by atoms with Gasteiger partial charge in [-0.05, 0) is 6.92 Å². The van der Waals surface area contributed by atoms with Crippen LogP contribution in [0.2, 0.25) is 0 Å². The van der Waals surface area contributed by atoms with E-state index in [9.17, 15) is 0 Å². The molecule has 2 nitrogen and oxygen atoms in total. The Labute approximate surface area is 62.2 Å². The standard InChI is InChI=1S/C2H8N2.3ClH/c1-2(3)4;;;/h2H,3-4H2,1H3;3*1H. The average Bonchev–Trinajstić information content (AvgIpc) is 0.811. The minimum absolute atomic E-state index is 0. The van der Waals surface area contributed by atoms with Gasteiger partial charge in [0.05, 0.1) is 0 Å². The minimum atomic E-state index is -0.167. The minimum Gasteiger partial charge on any atom is -0.316 e. The highest BCUT2D eigenvalue weighted by atomic mass is 35.5. The van der Waals surface area contributed by atoms with Crippen molar-refractivity contribution in [2.24, 2.45) is 11.5 Å². The van der Waals surface area contributed by atoms with E-state index in [-0.39, 0.29) is 43.4 Å². The van der Waals surface area contributed by atoms with Gasteiger partial charge in [0.1, 0.15) is 0 Å². The van der Waals surface area contributed by atoms with E-state index in [0.29, 0.717) is 0 Å². The first-order valence-electron chi connectivity index (χ1n) is 1.24. The molecule has 7 heavy (non-hydrogen) atoms. The van der Waals surface area contributed by atoms with E-state index < -0.39 is 0 Å². The third-order valence-corrected chi connectivity index (χ3v) is 0. The molecular weight excluding hydrogens is 158 g/mol. The Kier molecular flexibility index (Phi) is 56.6. The van der Waals surface area contributed by atoms with E-state index in [2.05, 4.69) is 0 Å². The van der Waals surface area contributed by atoms with Crippen molar-refractivity contribution in [2.75, 3.05) is 0 Å². The molecule has 4 N–H and O–H groups in total. The van der Waals surface area contributed by atoms with Crippen LogP contribution in [0.4, 0.5) is 0 Å². The van der Waals surface area contributed by atoms with E-state index in [1.807, 2.05) is 0 Å². The first-order valence-corrected chi connectivity index (χ1v) is 1.24. The van der Waals surface area contributed by atoms with Gasteiger partial charge in [-0.25, -0.2) is 0 Å². The molecule has 0 atom stereocenters. The lowest BCUT2D eigenvalue weighted by Crippen LogP contribution is -2.25. The van der Waals surface area contributed by atoms with Gasteiger partial charge in [-0.2, -0.15) is 0 Å². The largest absolute Gasteiger partial charge is 0.316 e. The van der Waals surface area contributed by atoms with Gasteiger partial charge >= 0.3 is 0 Å². The van der Waals surface area contributed by atoms with Crippen LogP contribution in [-0.2, 0) is 0 Å². The second kappa shape index (κ2) is 15.8. The summed E-state index contributed by atoms with van der Waals surface area (Å²) in [7, 11) is 0. The van der Waals surface area contributed by atoms with Gasteiger partial charge in [-0.1, -0.05) is 0 Å². The van der Waals surface area contributed by atoms with Crippen molar-refractivity contribution >= 4 is 37.2 Å². The molecule has 0 fully saturated rings. The fourth-order valence-corrected chi connectivity index (χ4v) is 0. The normalized spacial score (nSPS) is 5.14. The monoisotopic (exact) mass is 168 g/mol. The summed E-state index contributed by atoms with van der Waals surface area (Å²) in [4.78, 5) is 0. The predicted molar refractivity (Wildman–Crippen MR) is 39.6 cm³/mol. The quantitative estimate of drug-likeness (QED) is 0.520. The van der Waals surface area contributed by atoms with Crippen LogP contribution in [0.1, 0.15) is 6.92 Å². The fraction of sp³-hybridized carbons (Fsp3) is 1.00. The van der Waals surface area contributed by atoms with Gasteiger partial charge in [-0.15, -0.1) is 37.2 Å². The Morgan fingerprint density at radius 2 is 1.00 bits per heavy atom. The lowest BCUT2D eigenvalue weighted by molar-refractivity contribution is 0.790. The molecule has 0 aliphatic heterocycles. The Hall–Kier alpha value is 0.790. The zero-order chi connectivity index (χ0) is 3.58. The number of nitrogens with two attached hydrogens (primary N) is 2. The van der Waals surface area contributed by atoms with Crippen LogP contribution in [-0.4, -0.2) is 6.17 Å². The van der Waals surface area contributed by atoms with E-state index in [0.717, 1.165) is 0 Å². The topological polar surface area (TPSA) is 52.0 Å². The SMILES string of the molecule is CC(N)N.Cl.Cl.Cl. The molecule has 0 bridgehead atoms. The number of halogens is 3.